The zero-order valence-corrected chi connectivity index (χ0v) is 14.5. The molecule has 24 heavy (non-hydrogen) atoms. The molecule has 0 aromatic heterocycles. The van der Waals surface area contributed by atoms with Crippen molar-refractivity contribution in [3.05, 3.63) is 71.3 Å². The monoisotopic (exact) mass is 326 g/mol. The van der Waals surface area contributed by atoms with Crippen molar-refractivity contribution in [2.75, 3.05) is 0 Å². The standard InChI is InChI=1S/C20H26N2O2/c1-20(2,3)18(15-9-5-4-6-10-15)22-19(24)21-13-16-11-7-8-12-17(16)14-23/h4-12,18,23H,13-14H2,1-3H3,(H2,21,22,24). The molecular formula is C20H26N2O2. The fourth-order valence-electron chi connectivity index (χ4n) is 2.69. The number of benzene rings is 2. The third-order valence-corrected chi connectivity index (χ3v) is 4.00. The van der Waals surface area contributed by atoms with E-state index in [2.05, 4.69) is 31.4 Å². The number of nitrogens with one attached hydrogen (secondary N) is 2. The first kappa shape index (κ1) is 18.0. The highest BCUT2D eigenvalue weighted by molar-refractivity contribution is 5.74. The van der Waals surface area contributed by atoms with Gasteiger partial charge in [0.15, 0.2) is 0 Å². The van der Waals surface area contributed by atoms with Gasteiger partial charge in [-0.05, 0) is 22.1 Å². The molecule has 0 spiro atoms. The number of hydrogen-bond acceptors (Lipinski definition) is 2. The largest absolute Gasteiger partial charge is 0.392 e. The van der Waals surface area contributed by atoms with E-state index >= 15 is 0 Å². The van der Waals surface area contributed by atoms with Gasteiger partial charge in [0, 0.05) is 6.54 Å². The number of carbonyl (C=O) groups excluding carboxylic acids is 1. The van der Waals surface area contributed by atoms with Crippen LogP contribution < -0.4 is 10.6 Å². The molecule has 1 unspecified atom stereocenters. The van der Waals surface area contributed by atoms with Gasteiger partial charge in [0.1, 0.15) is 0 Å². The zero-order chi connectivity index (χ0) is 17.6. The summed E-state index contributed by atoms with van der Waals surface area (Å²) in [4.78, 5) is 12.4. The van der Waals surface area contributed by atoms with Gasteiger partial charge >= 0.3 is 6.03 Å². The molecule has 0 aliphatic heterocycles. The molecule has 3 N–H and O–H groups in total. The number of urea groups is 1. The molecule has 0 saturated carbocycles. The average Bonchev–Trinajstić information content (AvgIpc) is 2.58. The Morgan fingerprint density at radius 1 is 1.00 bits per heavy atom. The van der Waals surface area contributed by atoms with Crippen LogP contribution in [0.5, 0.6) is 0 Å². The van der Waals surface area contributed by atoms with Gasteiger partial charge in [-0.15, -0.1) is 0 Å². The minimum absolute atomic E-state index is 0.0336. The van der Waals surface area contributed by atoms with Crippen LogP contribution in [0, 0.1) is 5.41 Å². The summed E-state index contributed by atoms with van der Waals surface area (Å²) in [5, 5.41) is 15.3. The van der Waals surface area contributed by atoms with Gasteiger partial charge in [-0.2, -0.15) is 0 Å². The molecule has 0 heterocycles. The number of aliphatic hydroxyl groups is 1. The van der Waals surface area contributed by atoms with Crippen molar-refractivity contribution in [2.45, 2.75) is 40.0 Å². The molecular weight excluding hydrogens is 300 g/mol. The molecule has 0 bridgehead atoms. The first-order valence-corrected chi connectivity index (χ1v) is 8.19. The number of rotatable bonds is 5. The van der Waals surface area contributed by atoms with E-state index in [1.54, 1.807) is 0 Å². The fraction of sp³-hybridized carbons (Fsp3) is 0.350. The molecule has 0 radical (unpaired) electrons. The van der Waals surface area contributed by atoms with Crippen molar-refractivity contribution < 1.29 is 9.90 Å². The van der Waals surface area contributed by atoms with Gasteiger partial charge in [0.2, 0.25) is 0 Å². The highest BCUT2D eigenvalue weighted by Crippen LogP contribution is 2.32. The Morgan fingerprint density at radius 2 is 1.58 bits per heavy atom. The Kier molecular flexibility index (Phi) is 5.99. The Labute approximate surface area is 143 Å². The highest BCUT2D eigenvalue weighted by atomic mass is 16.3. The van der Waals surface area contributed by atoms with Crippen molar-refractivity contribution in [2.24, 2.45) is 5.41 Å². The molecule has 4 heteroatoms. The van der Waals surface area contributed by atoms with Crippen molar-refractivity contribution >= 4 is 6.03 Å². The predicted molar refractivity (Wildman–Crippen MR) is 96.4 cm³/mol. The maximum Gasteiger partial charge on any atom is 0.315 e. The second kappa shape index (κ2) is 7.97. The Balaban J connectivity index is 2.03. The van der Waals surface area contributed by atoms with Gasteiger partial charge in [-0.1, -0.05) is 75.4 Å². The van der Waals surface area contributed by atoms with Crippen LogP contribution in [0.25, 0.3) is 0 Å². The molecule has 2 aromatic rings. The Bertz CT molecular complexity index is 663. The third-order valence-electron chi connectivity index (χ3n) is 4.00. The van der Waals surface area contributed by atoms with Crippen molar-refractivity contribution in [1.29, 1.82) is 0 Å². The van der Waals surface area contributed by atoms with Crippen molar-refractivity contribution in [3.63, 3.8) is 0 Å². The van der Waals surface area contributed by atoms with E-state index in [-0.39, 0.29) is 24.1 Å². The van der Waals surface area contributed by atoms with Crippen molar-refractivity contribution in [1.82, 2.24) is 10.6 Å². The lowest BCUT2D eigenvalue weighted by molar-refractivity contribution is 0.218. The quantitative estimate of drug-likeness (QED) is 0.783. The third kappa shape index (κ3) is 4.83. The topological polar surface area (TPSA) is 61.4 Å². The lowest BCUT2D eigenvalue weighted by Crippen LogP contribution is -2.42. The second-order valence-electron chi connectivity index (χ2n) is 6.96. The van der Waals surface area contributed by atoms with E-state index < -0.39 is 0 Å². The Hall–Kier alpha value is -2.33. The lowest BCUT2D eigenvalue weighted by atomic mass is 9.82. The van der Waals surface area contributed by atoms with Gasteiger partial charge in [0.25, 0.3) is 0 Å². The first-order valence-electron chi connectivity index (χ1n) is 8.19. The van der Waals surface area contributed by atoms with Gasteiger partial charge in [-0.3, -0.25) is 0 Å². The summed E-state index contributed by atoms with van der Waals surface area (Å²) in [5.41, 5.74) is 2.72. The molecule has 2 amide bonds. The van der Waals surface area contributed by atoms with Crippen LogP contribution in [0.4, 0.5) is 4.79 Å². The van der Waals surface area contributed by atoms with Gasteiger partial charge < -0.3 is 15.7 Å². The van der Waals surface area contributed by atoms with Gasteiger partial charge in [0.05, 0.1) is 12.6 Å². The van der Waals surface area contributed by atoms with E-state index in [9.17, 15) is 9.90 Å². The highest BCUT2D eigenvalue weighted by Gasteiger charge is 2.27. The van der Waals surface area contributed by atoms with E-state index in [1.807, 2.05) is 54.6 Å². The summed E-state index contributed by atoms with van der Waals surface area (Å²) in [5.74, 6) is 0. The maximum absolute atomic E-state index is 12.4. The molecule has 128 valence electrons. The molecule has 0 aliphatic rings. The molecule has 0 fully saturated rings. The zero-order valence-electron chi connectivity index (χ0n) is 14.5. The number of carbonyl (C=O) groups is 1. The molecule has 0 saturated heterocycles. The van der Waals surface area contributed by atoms with Crippen LogP contribution in [0.1, 0.15) is 43.5 Å². The Morgan fingerprint density at radius 3 is 2.17 bits per heavy atom. The van der Waals surface area contributed by atoms with Crippen LogP contribution in [-0.2, 0) is 13.2 Å². The van der Waals surface area contributed by atoms with Crippen LogP contribution in [0.15, 0.2) is 54.6 Å². The minimum atomic E-state index is -0.216. The number of aliphatic hydroxyl groups excluding tert-OH is 1. The summed E-state index contributed by atoms with van der Waals surface area (Å²) in [6, 6.07) is 17.2. The second-order valence-corrected chi connectivity index (χ2v) is 6.96. The molecule has 2 aromatic carbocycles. The summed E-state index contributed by atoms with van der Waals surface area (Å²) >= 11 is 0. The maximum atomic E-state index is 12.4. The van der Waals surface area contributed by atoms with Crippen molar-refractivity contribution in [3.8, 4) is 0 Å². The summed E-state index contributed by atoms with van der Waals surface area (Å²) in [6.45, 7) is 6.66. The van der Waals surface area contributed by atoms with Crippen LogP contribution >= 0.6 is 0 Å². The van der Waals surface area contributed by atoms with Gasteiger partial charge in [-0.25, -0.2) is 4.79 Å². The van der Waals surface area contributed by atoms with E-state index in [4.69, 9.17) is 0 Å². The minimum Gasteiger partial charge on any atom is -0.392 e. The average molecular weight is 326 g/mol. The summed E-state index contributed by atoms with van der Waals surface area (Å²) < 4.78 is 0. The summed E-state index contributed by atoms with van der Waals surface area (Å²) in [6.07, 6.45) is 0. The number of hydrogen-bond donors (Lipinski definition) is 3. The number of amides is 2. The normalized spacial score (nSPS) is 12.5. The summed E-state index contributed by atoms with van der Waals surface area (Å²) in [7, 11) is 0. The lowest BCUT2D eigenvalue weighted by Gasteiger charge is -2.32. The molecule has 4 nitrogen and oxygen atoms in total. The smallest absolute Gasteiger partial charge is 0.315 e. The fourth-order valence-corrected chi connectivity index (χ4v) is 2.69. The molecule has 2 rings (SSSR count). The van der Waals surface area contributed by atoms with Crippen LogP contribution in [0.2, 0.25) is 0 Å². The predicted octanol–water partition coefficient (Wildman–Crippen LogP) is 3.77. The van der Waals surface area contributed by atoms with E-state index in [0.717, 1.165) is 16.7 Å². The first-order chi connectivity index (χ1) is 11.4. The molecule has 1 atom stereocenters. The van der Waals surface area contributed by atoms with Crippen LogP contribution in [0.3, 0.4) is 0 Å². The van der Waals surface area contributed by atoms with E-state index in [0.29, 0.717) is 6.54 Å². The molecule has 0 aliphatic carbocycles. The SMILES string of the molecule is CC(C)(C)C(NC(=O)NCc1ccccc1CO)c1ccccc1. The van der Waals surface area contributed by atoms with E-state index in [1.165, 1.54) is 0 Å². The van der Waals surface area contributed by atoms with Crippen LogP contribution in [-0.4, -0.2) is 11.1 Å².